The minimum Gasteiger partial charge on any atom is -0.380 e. The first-order valence-corrected chi connectivity index (χ1v) is 6.96. The van der Waals surface area contributed by atoms with Gasteiger partial charge in [-0.1, -0.05) is 6.07 Å². The molecule has 1 amide bonds. The standard InChI is InChI=1S/C15H20N2O2/c1-17-9-6-11-4-5-12(10-13(11)17)16-14(18)15(19)7-2-3-8-15/h4-5,10,19H,2-3,6-9H2,1H3,(H,16,18). The summed E-state index contributed by atoms with van der Waals surface area (Å²) in [6.07, 6.45) is 4.06. The van der Waals surface area contributed by atoms with Crippen LogP contribution in [0.5, 0.6) is 0 Å². The quantitative estimate of drug-likeness (QED) is 0.854. The number of nitrogens with one attached hydrogen (secondary N) is 1. The minimum absolute atomic E-state index is 0.259. The molecule has 0 radical (unpaired) electrons. The van der Waals surface area contributed by atoms with Gasteiger partial charge in [0.15, 0.2) is 0 Å². The van der Waals surface area contributed by atoms with E-state index in [-0.39, 0.29) is 5.91 Å². The largest absolute Gasteiger partial charge is 0.380 e. The Morgan fingerprint density at radius 3 is 2.84 bits per heavy atom. The topological polar surface area (TPSA) is 52.6 Å². The summed E-state index contributed by atoms with van der Waals surface area (Å²) in [6, 6.07) is 5.99. The Morgan fingerprint density at radius 2 is 2.11 bits per heavy atom. The number of anilines is 2. The second-order valence-corrected chi connectivity index (χ2v) is 5.71. The van der Waals surface area contributed by atoms with E-state index in [9.17, 15) is 9.90 Å². The summed E-state index contributed by atoms with van der Waals surface area (Å²) in [7, 11) is 2.06. The van der Waals surface area contributed by atoms with Crippen LogP contribution in [0.15, 0.2) is 18.2 Å². The van der Waals surface area contributed by atoms with Crippen molar-refractivity contribution in [3.63, 3.8) is 0 Å². The van der Waals surface area contributed by atoms with Crippen molar-refractivity contribution in [2.24, 2.45) is 0 Å². The zero-order chi connectivity index (χ0) is 13.5. The third-order valence-corrected chi connectivity index (χ3v) is 4.32. The molecule has 3 rings (SSSR count). The monoisotopic (exact) mass is 260 g/mol. The number of benzene rings is 1. The van der Waals surface area contributed by atoms with Gasteiger partial charge in [0.05, 0.1) is 0 Å². The fourth-order valence-corrected chi connectivity index (χ4v) is 3.05. The fraction of sp³-hybridized carbons (Fsp3) is 0.533. The van der Waals surface area contributed by atoms with Crippen molar-refractivity contribution in [1.82, 2.24) is 0 Å². The summed E-state index contributed by atoms with van der Waals surface area (Å²) in [4.78, 5) is 14.3. The van der Waals surface area contributed by atoms with Crippen molar-refractivity contribution < 1.29 is 9.90 Å². The van der Waals surface area contributed by atoms with E-state index in [1.54, 1.807) is 0 Å². The second kappa shape index (κ2) is 4.53. The summed E-state index contributed by atoms with van der Waals surface area (Å²) in [5.41, 5.74) is 2.11. The molecule has 1 saturated carbocycles. The molecule has 0 bridgehead atoms. The average molecular weight is 260 g/mol. The molecule has 2 aliphatic rings. The number of carbonyl (C=O) groups excluding carboxylic acids is 1. The lowest BCUT2D eigenvalue weighted by Crippen LogP contribution is -2.40. The summed E-state index contributed by atoms with van der Waals surface area (Å²) in [5.74, 6) is -0.259. The Bertz CT molecular complexity index is 507. The van der Waals surface area contributed by atoms with Crippen LogP contribution in [-0.4, -0.2) is 30.2 Å². The molecule has 1 aromatic rings. The van der Waals surface area contributed by atoms with Gasteiger partial charge in [0.1, 0.15) is 5.60 Å². The maximum absolute atomic E-state index is 12.1. The Morgan fingerprint density at radius 1 is 1.37 bits per heavy atom. The fourth-order valence-electron chi connectivity index (χ4n) is 3.05. The number of fused-ring (bicyclic) bond motifs is 1. The summed E-state index contributed by atoms with van der Waals surface area (Å²) < 4.78 is 0. The van der Waals surface area contributed by atoms with E-state index in [1.165, 1.54) is 11.3 Å². The predicted octanol–water partition coefficient (Wildman–Crippen LogP) is 1.92. The summed E-state index contributed by atoms with van der Waals surface area (Å²) in [6.45, 7) is 1.02. The van der Waals surface area contributed by atoms with E-state index in [1.807, 2.05) is 12.1 Å². The number of likely N-dealkylation sites (N-methyl/N-ethyl adjacent to an activating group) is 1. The molecule has 0 spiro atoms. The van der Waals surface area contributed by atoms with Crippen LogP contribution < -0.4 is 10.2 Å². The SMILES string of the molecule is CN1CCc2ccc(NC(=O)C3(O)CCCC3)cc21. The highest BCUT2D eigenvalue weighted by Gasteiger charge is 2.38. The zero-order valence-corrected chi connectivity index (χ0v) is 11.3. The van der Waals surface area contributed by atoms with Gasteiger partial charge in [-0.2, -0.15) is 0 Å². The van der Waals surface area contributed by atoms with E-state index >= 15 is 0 Å². The van der Waals surface area contributed by atoms with Crippen molar-refractivity contribution >= 4 is 17.3 Å². The normalized spacial score (nSPS) is 20.4. The number of carbonyl (C=O) groups is 1. The van der Waals surface area contributed by atoms with Crippen LogP contribution in [0.1, 0.15) is 31.2 Å². The van der Waals surface area contributed by atoms with E-state index in [2.05, 4.69) is 23.3 Å². The number of hydrogen-bond donors (Lipinski definition) is 2. The number of hydrogen-bond acceptors (Lipinski definition) is 3. The second-order valence-electron chi connectivity index (χ2n) is 5.71. The molecule has 1 aromatic carbocycles. The molecule has 0 atom stereocenters. The predicted molar refractivity (Wildman–Crippen MR) is 75.5 cm³/mol. The molecule has 1 heterocycles. The Hall–Kier alpha value is -1.55. The Labute approximate surface area is 113 Å². The molecular formula is C15H20N2O2. The molecule has 2 N–H and O–H groups in total. The van der Waals surface area contributed by atoms with Crippen LogP contribution in [0.3, 0.4) is 0 Å². The first-order valence-electron chi connectivity index (χ1n) is 6.96. The third kappa shape index (κ3) is 2.21. The third-order valence-electron chi connectivity index (χ3n) is 4.32. The molecule has 102 valence electrons. The van der Waals surface area contributed by atoms with E-state index in [4.69, 9.17) is 0 Å². The maximum atomic E-state index is 12.1. The van der Waals surface area contributed by atoms with Gasteiger partial charge in [-0.3, -0.25) is 4.79 Å². The number of aliphatic hydroxyl groups is 1. The average Bonchev–Trinajstić information content (AvgIpc) is 2.98. The highest BCUT2D eigenvalue weighted by molar-refractivity contribution is 5.97. The molecule has 4 heteroatoms. The lowest BCUT2D eigenvalue weighted by molar-refractivity contribution is -0.133. The first kappa shape index (κ1) is 12.5. The number of nitrogens with zero attached hydrogens (tertiary/aromatic N) is 1. The van der Waals surface area contributed by atoms with Crippen molar-refractivity contribution in [3.8, 4) is 0 Å². The molecule has 1 fully saturated rings. The van der Waals surface area contributed by atoms with Gasteiger partial charge in [0, 0.05) is 25.0 Å². The van der Waals surface area contributed by atoms with Crippen molar-refractivity contribution in [2.45, 2.75) is 37.7 Å². The molecule has 0 saturated heterocycles. The lowest BCUT2D eigenvalue weighted by Gasteiger charge is -2.21. The number of amides is 1. The molecule has 0 aromatic heterocycles. The highest BCUT2D eigenvalue weighted by Crippen LogP contribution is 2.32. The first-order chi connectivity index (χ1) is 9.08. The van der Waals surface area contributed by atoms with Gasteiger partial charge >= 0.3 is 0 Å². The van der Waals surface area contributed by atoms with Crippen LogP contribution >= 0.6 is 0 Å². The lowest BCUT2D eigenvalue weighted by atomic mass is 10.0. The van der Waals surface area contributed by atoms with Gasteiger partial charge in [-0.05, 0) is 49.8 Å². The van der Waals surface area contributed by atoms with Gasteiger partial charge < -0.3 is 15.3 Å². The van der Waals surface area contributed by atoms with E-state index in [0.29, 0.717) is 12.8 Å². The molecule has 1 aliphatic heterocycles. The highest BCUT2D eigenvalue weighted by atomic mass is 16.3. The Kier molecular flexibility index (Phi) is 2.97. The van der Waals surface area contributed by atoms with Crippen molar-refractivity contribution in [1.29, 1.82) is 0 Å². The molecular weight excluding hydrogens is 240 g/mol. The van der Waals surface area contributed by atoms with Crippen LogP contribution in [0.2, 0.25) is 0 Å². The van der Waals surface area contributed by atoms with E-state index < -0.39 is 5.60 Å². The molecule has 19 heavy (non-hydrogen) atoms. The van der Waals surface area contributed by atoms with Crippen LogP contribution in [0.4, 0.5) is 11.4 Å². The van der Waals surface area contributed by atoms with Crippen LogP contribution in [-0.2, 0) is 11.2 Å². The Balaban J connectivity index is 1.77. The van der Waals surface area contributed by atoms with Crippen LogP contribution in [0.25, 0.3) is 0 Å². The maximum Gasteiger partial charge on any atom is 0.256 e. The molecule has 4 nitrogen and oxygen atoms in total. The molecule has 0 unspecified atom stereocenters. The van der Waals surface area contributed by atoms with E-state index in [0.717, 1.165) is 31.5 Å². The van der Waals surface area contributed by atoms with Crippen LogP contribution in [0, 0.1) is 0 Å². The van der Waals surface area contributed by atoms with Gasteiger partial charge in [0.2, 0.25) is 0 Å². The smallest absolute Gasteiger partial charge is 0.256 e. The van der Waals surface area contributed by atoms with Gasteiger partial charge in [-0.15, -0.1) is 0 Å². The van der Waals surface area contributed by atoms with Crippen molar-refractivity contribution in [3.05, 3.63) is 23.8 Å². The zero-order valence-electron chi connectivity index (χ0n) is 11.3. The van der Waals surface area contributed by atoms with Gasteiger partial charge in [-0.25, -0.2) is 0 Å². The summed E-state index contributed by atoms with van der Waals surface area (Å²) >= 11 is 0. The molecule has 1 aliphatic carbocycles. The van der Waals surface area contributed by atoms with Gasteiger partial charge in [0.25, 0.3) is 5.91 Å². The van der Waals surface area contributed by atoms with Crippen molar-refractivity contribution in [2.75, 3.05) is 23.8 Å². The number of rotatable bonds is 2. The minimum atomic E-state index is -1.16. The summed E-state index contributed by atoms with van der Waals surface area (Å²) in [5, 5.41) is 13.1.